The van der Waals surface area contributed by atoms with Crippen LogP contribution in [0.1, 0.15) is 47.2 Å². The number of carbonyl (C=O) groups is 1. The molecule has 0 fully saturated rings. The molecule has 6 aromatic rings. The third kappa shape index (κ3) is 5.60. The zero-order valence-electron chi connectivity index (χ0n) is 23.9. The number of hydrogen-bond acceptors (Lipinski definition) is 4. The summed E-state index contributed by atoms with van der Waals surface area (Å²) in [7, 11) is 3.16. The molecule has 4 nitrogen and oxygen atoms in total. The molecule has 6 rings (SSSR count). The minimum Gasteiger partial charge on any atom is -0.494 e. The summed E-state index contributed by atoms with van der Waals surface area (Å²) in [6.07, 6.45) is 3.08. The lowest BCUT2D eigenvalue weighted by Gasteiger charge is -2.11. The van der Waals surface area contributed by atoms with Crippen molar-refractivity contribution in [1.82, 2.24) is 0 Å². The molecular formula is C38H32O4. The second kappa shape index (κ2) is 12.2. The fraction of sp³-hybridized carbons (Fsp3) is 0.184. The maximum Gasteiger partial charge on any atom is 0.163 e. The van der Waals surface area contributed by atoms with Crippen molar-refractivity contribution in [2.24, 2.45) is 0 Å². The van der Waals surface area contributed by atoms with E-state index in [0.717, 1.165) is 36.1 Å². The number of rotatable bonds is 10. The first-order valence-corrected chi connectivity index (χ1v) is 14.3. The summed E-state index contributed by atoms with van der Waals surface area (Å²) in [5.41, 5.74) is 2.58. The molecule has 0 bridgehead atoms. The molecule has 0 unspecified atom stereocenters. The number of ether oxygens (including phenoxy) is 3. The first-order chi connectivity index (χ1) is 20.6. The summed E-state index contributed by atoms with van der Waals surface area (Å²) < 4.78 is 16.6. The van der Waals surface area contributed by atoms with Gasteiger partial charge in [-0.25, -0.2) is 0 Å². The molecule has 6 aromatic carbocycles. The van der Waals surface area contributed by atoms with Gasteiger partial charge in [-0.05, 0) is 94.0 Å². The van der Waals surface area contributed by atoms with Gasteiger partial charge in [0.2, 0.25) is 0 Å². The smallest absolute Gasteiger partial charge is 0.163 e. The predicted octanol–water partition coefficient (Wildman–Crippen LogP) is 8.82. The van der Waals surface area contributed by atoms with E-state index in [-0.39, 0.29) is 5.78 Å². The van der Waals surface area contributed by atoms with E-state index in [4.69, 9.17) is 14.2 Å². The minimum absolute atomic E-state index is 0.104. The first kappa shape index (κ1) is 27.2. The number of benzene rings is 6. The van der Waals surface area contributed by atoms with Crippen LogP contribution in [0, 0.1) is 11.8 Å². The van der Waals surface area contributed by atoms with E-state index < -0.39 is 0 Å². The largest absolute Gasteiger partial charge is 0.494 e. The van der Waals surface area contributed by atoms with Crippen LogP contribution < -0.4 is 14.2 Å². The van der Waals surface area contributed by atoms with Crippen molar-refractivity contribution in [3.63, 3.8) is 0 Å². The third-order valence-corrected chi connectivity index (χ3v) is 7.73. The molecule has 0 aliphatic carbocycles. The molecule has 0 atom stereocenters. The zero-order valence-corrected chi connectivity index (χ0v) is 23.9. The summed E-state index contributed by atoms with van der Waals surface area (Å²) in [6, 6.07) is 32.7. The number of ketones is 1. The molecule has 4 heteroatoms. The summed E-state index contributed by atoms with van der Waals surface area (Å²) in [5.74, 6) is 8.85. The van der Waals surface area contributed by atoms with Crippen LogP contribution >= 0.6 is 0 Å². The normalized spacial score (nSPS) is 11.0. The summed E-state index contributed by atoms with van der Waals surface area (Å²) in [6.45, 7) is 0.594. The van der Waals surface area contributed by atoms with Crippen molar-refractivity contribution in [2.75, 3.05) is 20.8 Å². The molecule has 0 aliphatic heterocycles. The monoisotopic (exact) mass is 552 g/mol. The second-order valence-corrected chi connectivity index (χ2v) is 10.4. The van der Waals surface area contributed by atoms with E-state index >= 15 is 0 Å². The van der Waals surface area contributed by atoms with Crippen molar-refractivity contribution in [2.45, 2.75) is 25.7 Å². The van der Waals surface area contributed by atoms with Gasteiger partial charge in [-0.3, -0.25) is 4.79 Å². The van der Waals surface area contributed by atoms with Gasteiger partial charge in [-0.15, -0.1) is 0 Å². The highest BCUT2D eigenvalue weighted by Gasteiger charge is 2.11. The van der Waals surface area contributed by atoms with Crippen LogP contribution in [-0.2, 0) is 0 Å². The molecule has 0 saturated heterocycles. The number of methoxy groups -OCH3 is 2. The average molecular weight is 553 g/mol. The van der Waals surface area contributed by atoms with Crippen LogP contribution in [0.5, 0.6) is 17.2 Å². The van der Waals surface area contributed by atoms with Gasteiger partial charge in [-0.2, -0.15) is 0 Å². The van der Waals surface area contributed by atoms with Crippen LogP contribution in [0.15, 0.2) is 97.1 Å². The molecule has 0 radical (unpaired) electrons. The highest BCUT2D eigenvalue weighted by atomic mass is 16.5. The van der Waals surface area contributed by atoms with Crippen molar-refractivity contribution in [3.8, 4) is 29.1 Å². The molecule has 0 amide bonds. The maximum atomic E-state index is 12.6. The third-order valence-electron chi connectivity index (χ3n) is 7.73. The minimum atomic E-state index is 0.104. The summed E-state index contributed by atoms with van der Waals surface area (Å²) >= 11 is 0. The van der Waals surface area contributed by atoms with Gasteiger partial charge >= 0.3 is 0 Å². The molecule has 42 heavy (non-hydrogen) atoms. The quantitative estimate of drug-likeness (QED) is 0.0737. The van der Waals surface area contributed by atoms with Crippen molar-refractivity contribution < 1.29 is 19.0 Å². The number of Topliss-reactive ketones (excluding diaryl/α,β-unsaturated/α-hetero) is 1. The van der Waals surface area contributed by atoms with E-state index in [2.05, 4.69) is 66.4 Å². The summed E-state index contributed by atoms with van der Waals surface area (Å²) in [4.78, 5) is 12.6. The molecule has 208 valence electrons. The Hall–Kier alpha value is -5.01. The number of hydrogen-bond donors (Lipinski definition) is 0. The second-order valence-electron chi connectivity index (χ2n) is 10.4. The fourth-order valence-electron chi connectivity index (χ4n) is 5.56. The van der Waals surface area contributed by atoms with Gasteiger partial charge in [0.15, 0.2) is 17.3 Å². The zero-order chi connectivity index (χ0) is 28.9. The molecule has 0 aromatic heterocycles. The molecule has 0 N–H and O–H groups in total. The predicted molar refractivity (Wildman–Crippen MR) is 170 cm³/mol. The highest BCUT2D eigenvalue weighted by Crippen LogP contribution is 2.35. The van der Waals surface area contributed by atoms with Crippen LogP contribution in [0.25, 0.3) is 32.3 Å². The van der Waals surface area contributed by atoms with Gasteiger partial charge in [0, 0.05) is 23.1 Å². The van der Waals surface area contributed by atoms with E-state index in [0.29, 0.717) is 30.1 Å². The topological polar surface area (TPSA) is 44.8 Å². The lowest BCUT2D eigenvalue weighted by atomic mass is 9.92. The standard InChI is InChI=1S/C38H32O4/c1-40-35-22-20-31(25-36(35)41-2)34(39)12-4-3-5-23-42-32-11-6-8-26(24-32)13-14-27-15-16-30-18-17-28-9-7-10-29-19-21-33(27)38(30)37(28)29/h6-11,15-22,24-25H,3-5,12,23H2,1-2H3. The Morgan fingerprint density at radius 1 is 0.667 bits per heavy atom. The fourth-order valence-corrected chi connectivity index (χ4v) is 5.56. The SMILES string of the molecule is COc1ccc(C(=O)CCCCCOc2cccc(C#Cc3ccc4ccc5cccc6ccc3c4c56)c2)cc1OC. The van der Waals surface area contributed by atoms with E-state index in [1.54, 1.807) is 32.4 Å². The van der Waals surface area contributed by atoms with E-state index in [9.17, 15) is 4.79 Å². The first-order valence-electron chi connectivity index (χ1n) is 14.3. The average Bonchev–Trinajstić information content (AvgIpc) is 3.04. The van der Waals surface area contributed by atoms with Crippen molar-refractivity contribution in [1.29, 1.82) is 0 Å². The maximum absolute atomic E-state index is 12.6. The number of carbonyl (C=O) groups excluding carboxylic acids is 1. The van der Waals surface area contributed by atoms with Gasteiger partial charge in [-0.1, -0.05) is 66.4 Å². The summed E-state index contributed by atoms with van der Waals surface area (Å²) in [5, 5.41) is 7.51. The van der Waals surface area contributed by atoms with Crippen LogP contribution in [0.4, 0.5) is 0 Å². The van der Waals surface area contributed by atoms with Crippen molar-refractivity contribution >= 4 is 38.1 Å². The van der Waals surface area contributed by atoms with E-state index in [1.165, 1.54) is 32.3 Å². The van der Waals surface area contributed by atoms with Gasteiger partial charge in [0.25, 0.3) is 0 Å². The van der Waals surface area contributed by atoms with Crippen LogP contribution in [0.2, 0.25) is 0 Å². The van der Waals surface area contributed by atoms with Crippen LogP contribution in [0.3, 0.4) is 0 Å². The molecule has 0 heterocycles. The van der Waals surface area contributed by atoms with Crippen LogP contribution in [-0.4, -0.2) is 26.6 Å². The molecule has 0 saturated carbocycles. The molecular weight excluding hydrogens is 520 g/mol. The Bertz CT molecular complexity index is 1930. The van der Waals surface area contributed by atoms with Gasteiger partial charge < -0.3 is 14.2 Å². The molecule has 0 spiro atoms. The van der Waals surface area contributed by atoms with E-state index in [1.807, 2.05) is 24.3 Å². The Balaban J connectivity index is 1.05. The Kier molecular flexibility index (Phi) is 7.92. The molecule has 0 aliphatic rings. The van der Waals surface area contributed by atoms with Crippen molar-refractivity contribution in [3.05, 3.63) is 114 Å². The Morgan fingerprint density at radius 3 is 2.21 bits per heavy atom. The van der Waals surface area contributed by atoms with Gasteiger partial charge in [0.1, 0.15) is 5.75 Å². The lowest BCUT2D eigenvalue weighted by Crippen LogP contribution is -2.02. The Morgan fingerprint density at radius 2 is 1.40 bits per heavy atom. The number of unbranched alkanes of at least 4 members (excludes halogenated alkanes) is 2. The lowest BCUT2D eigenvalue weighted by molar-refractivity contribution is 0.0978. The highest BCUT2D eigenvalue weighted by molar-refractivity contribution is 6.23. The Labute approximate surface area is 246 Å². The van der Waals surface area contributed by atoms with Gasteiger partial charge in [0.05, 0.1) is 20.8 Å².